The Morgan fingerprint density at radius 1 is 1.48 bits per heavy atom. The van der Waals surface area contributed by atoms with E-state index in [0.29, 0.717) is 16.3 Å². The molecule has 0 aliphatic rings. The first-order chi connectivity index (χ1) is 9.71. The highest BCUT2D eigenvalue weighted by Crippen LogP contribution is 2.21. The molecule has 1 aromatic rings. The Morgan fingerprint density at radius 3 is 2.71 bits per heavy atom. The van der Waals surface area contributed by atoms with E-state index in [4.69, 9.17) is 26.3 Å². The Hall–Kier alpha value is -1.93. The molecule has 1 aromatic carbocycles. The third-order valence-electron chi connectivity index (χ3n) is 2.32. The van der Waals surface area contributed by atoms with Crippen molar-refractivity contribution in [2.75, 3.05) is 6.61 Å². The molecule has 21 heavy (non-hydrogen) atoms. The van der Waals surface area contributed by atoms with Gasteiger partial charge in [0.2, 0.25) is 0 Å². The smallest absolute Gasteiger partial charge is 0.407 e. The molecule has 0 saturated carbocycles. The Kier molecular flexibility index (Phi) is 5.86. The van der Waals surface area contributed by atoms with Crippen molar-refractivity contribution >= 4 is 17.7 Å². The van der Waals surface area contributed by atoms with Gasteiger partial charge < -0.3 is 14.8 Å². The molecule has 0 aliphatic carbocycles. The van der Waals surface area contributed by atoms with Crippen LogP contribution in [0.3, 0.4) is 0 Å². The average molecular weight is 311 g/mol. The second-order valence-electron chi connectivity index (χ2n) is 5.61. The summed E-state index contributed by atoms with van der Waals surface area (Å²) in [6, 6.07) is 6.57. The van der Waals surface area contributed by atoms with Crippen LogP contribution in [-0.2, 0) is 4.74 Å². The number of halogens is 1. The average Bonchev–Trinajstić information content (AvgIpc) is 2.35. The number of nitrogens with one attached hydrogen (secondary N) is 1. The summed E-state index contributed by atoms with van der Waals surface area (Å²) < 4.78 is 10.7. The summed E-state index contributed by atoms with van der Waals surface area (Å²) in [6.45, 7) is 7.44. The largest absolute Gasteiger partial charge is 0.491 e. The Morgan fingerprint density at radius 2 is 2.14 bits per heavy atom. The summed E-state index contributed by atoms with van der Waals surface area (Å²) in [5.74, 6) is 0.522. The van der Waals surface area contributed by atoms with E-state index in [1.54, 1.807) is 45.9 Å². The van der Waals surface area contributed by atoms with Crippen LogP contribution in [0, 0.1) is 11.3 Å². The third-order valence-corrected chi connectivity index (χ3v) is 2.65. The van der Waals surface area contributed by atoms with E-state index in [1.165, 1.54) is 0 Å². The van der Waals surface area contributed by atoms with Crippen molar-refractivity contribution in [3.63, 3.8) is 0 Å². The van der Waals surface area contributed by atoms with Gasteiger partial charge in [-0.05, 0) is 45.9 Å². The predicted molar refractivity (Wildman–Crippen MR) is 80.5 cm³/mol. The van der Waals surface area contributed by atoms with E-state index in [2.05, 4.69) is 5.32 Å². The number of ether oxygens (including phenoxy) is 2. The molecule has 0 unspecified atom stereocenters. The second-order valence-corrected chi connectivity index (χ2v) is 6.02. The molecular weight excluding hydrogens is 292 g/mol. The minimum atomic E-state index is -0.539. The second kappa shape index (κ2) is 7.19. The Balaban J connectivity index is 2.48. The van der Waals surface area contributed by atoms with Gasteiger partial charge >= 0.3 is 6.09 Å². The first kappa shape index (κ1) is 17.1. The third kappa shape index (κ3) is 6.37. The van der Waals surface area contributed by atoms with Gasteiger partial charge in [-0.25, -0.2) is 4.79 Å². The highest BCUT2D eigenvalue weighted by atomic mass is 35.5. The highest BCUT2D eigenvalue weighted by molar-refractivity contribution is 6.31. The van der Waals surface area contributed by atoms with Gasteiger partial charge in [0.15, 0.2) is 0 Å². The number of amides is 1. The normalized spacial score (nSPS) is 12.2. The summed E-state index contributed by atoms with van der Waals surface area (Å²) >= 11 is 5.84. The number of alkyl carbamates (subject to hydrolysis) is 1. The van der Waals surface area contributed by atoms with Crippen LogP contribution in [0.2, 0.25) is 5.02 Å². The highest BCUT2D eigenvalue weighted by Gasteiger charge is 2.17. The summed E-state index contributed by atoms with van der Waals surface area (Å²) in [7, 11) is 0. The summed E-state index contributed by atoms with van der Waals surface area (Å²) in [5, 5.41) is 11.9. The summed E-state index contributed by atoms with van der Waals surface area (Å²) in [5.41, 5.74) is -0.190. The molecule has 5 nitrogen and oxygen atoms in total. The van der Waals surface area contributed by atoms with Crippen molar-refractivity contribution in [1.82, 2.24) is 5.32 Å². The van der Waals surface area contributed by atoms with Crippen LogP contribution < -0.4 is 10.1 Å². The molecule has 0 fully saturated rings. The molecule has 0 radical (unpaired) electrons. The SMILES string of the molecule is C[C@@H](COc1ccc(Cl)c(C#N)c1)NC(=O)OC(C)(C)C. The minimum absolute atomic E-state index is 0.235. The van der Waals surface area contributed by atoms with Gasteiger partial charge in [-0.2, -0.15) is 5.26 Å². The Labute approximate surface area is 129 Å². The fourth-order valence-corrected chi connectivity index (χ4v) is 1.61. The van der Waals surface area contributed by atoms with Crippen molar-refractivity contribution in [3.8, 4) is 11.8 Å². The van der Waals surface area contributed by atoms with Crippen LogP contribution >= 0.6 is 11.6 Å². The van der Waals surface area contributed by atoms with Crippen molar-refractivity contribution in [3.05, 3.63) is 28.8 Å². The lowest BCUT2D eigenvalue weighted by Gasteiger charge is -2.22. The van der Waals surface area contributed by atoms with Crippen LogP contribution in [0.15, 0.2) is 18.2 Å². The quantitative estimate of drug-likeness (QED) is 0.923. The lowest BCUT2D eigenvalue weighted by atomic mass is 10.2. The van der Waals surface area contributed by atoms with Gasteiger partial charge in [-0.3, -0.25) is 0 Å². The number of carbonyl (C=O) groups is 1. The predicted octanol–water partition coefficient (Wildman–Crippen LogP) is 3.50. The zero-order valence-electron chi connectivity index (χ0n) is 12.6. The van der Waals surface area contributed by atoms with E-state index >= 15 is 0 Å². The molecule has 114 valence electrons. The first-order valence-corrected chi connectivity index (χ1v) is 6.91. The van der Waals surface area contributed by atoms with Crippen molar-refractivity contribution in [2.45, 2.75) is 39.3 Å². The van der Waals surface area contributed by atoms with Gasteiger partial charge in [0.1, 0.15) is 24.0 Å². The number of benzene rings is 1. The zero-order chi connectivity index (χ0) is 16.0. The molecule has 0 saturated heterocycles. The molecule has 0 aliphatic heterocycles. The van der Waals surface area contributed by atoms with Crippen LogP contribution in [-0.4, -0.2) is 24.3 Å². The van der Waals surface area contributed by atoms with Crippen LogP contribution in [0.1, 0.15) is 33.3 Å². The molecule has 0 heterocycles. The lowest BCUT2D eigenvalue weighted by molar-refractivity contribution is 0.0494. The van der Waals surface area contributed by atoms with E-state index < -0.39 is 11.7 Å². The maximum atomic E-state index is 11.6. The van der Waals surface area contributed by atoms with Crippen LogP contribution in [0.4, 0.5) is 4.79 Å². The number of hydrogen-bond acceptors (Lipinski definition) is 4. The molecule has 1 N–H and O–H groups in total. The van der Waals surface area contributed by atoms with Crippen molar-refractivity contribution < 1.29 is 14.3 Å². The number of nitrogens with zero attached hydrogens (tertiary/aromatic N) is 1. The maximum Gasteiger partial charge on any atom is 0.407 e. The van der Waals surface area contributed by atoms with E-state index in [-0.39, 0.29) is 12.6 Å². The molecule has 0 aromatic heterocycles. The van der Waals surface area contributed by atoms with Gasteiger partial charge in [-0.15, -0.1) is 0 Å². The van der Waals surface area contributed by atoms with Crippen molar-refractivity contribution in [1.29, 1.82) is 5.26 Å². The number of rotatable bonds is 4. The summed E-state index contributed by atoms with van der Waals surface area (Å²) in [6.07, 6.45) is -0.493. The number of nitriles is 1. The first-order valence-electron chi connectivity index (χ1n) is 6.53. The maximum absolute atomic E-state index is 11.6. The Bertz CT molecular complexity index is 547. The molecule has 0 bridgehead atoms. The van der Waals surface area contributed by atoms with Gasteiger partial charge in [0.05, 0.1) is 16.6 Å². The van der Waals surface area contributed by atoms with Gasteiger partial charge in [0, 0.05) is 0 Å². The topological polar surface area (TPSA) is 71.3 Å². The lowest BCUT2D eigenvalue weighted by Crippen LogP contribution is -2.40. The van der Waals surface area contributed by atoms with Crippen LogP contribution in [0.25, 0.3) is 0 Å². The fraction of sp³-hybridized carbons (Fsp3) is 0.467. The number of carbonyl (C=O) groups excluding carboxylic acids is 1. The fourth-order valence-electron chi connectivity index (χ4n) is 1.45. The molecule has 1 rings (SSSR count). The molecule has 0 spiro atoms. The summed E-state index contributed by atoms with van der Waals surface area (Å²) in [4.78, 5) is 11.6. The standard InChI is InChI=1S/C15H19ClN2O3/c1-10(18-14(19)21-15(2,3)4)9-20-12-5-6-13(16)11(7-12)8-17/h5-7,10H,9H2,1-4H3,(H,18,19)/t10-/m0/s1. The van der Waals surface area contributed by atoms with E-state index in [1.807, 2.05) is 6.07 Å². The van der Waals surface area contributed by atoms with Crippen LogP contribution in [0.5, 0.6) is 5.75 Å². The minimum Gasteiger partial charge on any atom is -0.491 e. The molecule has 1 atom stereocenters. The number of hydrogen-bond donors (Lipinski definition) is 1. The molecular formula is C15H19ClN2O3. The van der Waals surface area contributed by atoms with Crippen molar-refractivity contribution in [2.24, 2.45) is 0 Å². The van der Waals surface area contributed by atoms with Gasteiger partial charge in [-0.1, -0.05) is 11.6 Å². The molecule has 1 amide bonds. The van der Waals surface area contributed by atoms with Gasteiger partial charge in [0.25, 0.3) is 0 Å². The monoisotopic (exact) mass is 310 g/mol. The zero-order valence-corrected chi connectivity index (χ0v) is 13.3. The van der Waals surface area contributed by atoms with E-state index in [9.17, 15) is 4.79 Å². The molecule has 6 heteroatoms. The van der Waals surface area contributed by atoms with E-state index in [0.717, 1.165) is 0 Å².